The molecule has 1 aliphatic carbocycles. The highest BCUT2D eigenvalue weighted by molar-refractivity contribution is 5.84. The fourth-order valence-corrected chi connectivity index (χ4v) is 7.35. The van der Waals surface area contributed by atoms with E-state index in [2.05, 4.69) is 34.4 Å². The number of ketones is 1. The van der Waals surface area contributed by atoms with Gasteiger partial charge in [0.25, 0.3) is 0 Å². The number of rotatable bonds is 4. The van der Waals surface area contributed by atoms with Gasteiger partial charge in [0.05, 0.1) is 30.9 Å². The monoisotopic (exact) mass is 583 g/mol. The number of aliphatic hydroxyl groups is 1. The van der Waals surface area contributed by atoms with Crippen molar-refractivity contribution < 1.29 is 29.5 Å². The van der Waals surface area contributed by atoms with Gasteiger partial charge in [0.15, 0.2) is 6.21 Å². The molecule has 4 rings (SSSR count). The summed E-state index contributed by atoms with van der Waals surface area (Å²) in [6.07, 6.45) is 12.2. The average molecular weight is 584 g/mol. The van der Waals surface area contributed by atoms with E-state index in [4.69, 9.17) is 9.47 Å². The second kappa shape index (κ2) is 16.6. The van der Waals surface area contributed by atoms with E-state index in [1.165, 1.54) is 30.9 Å². The van der Waals surface area contributed by atoms with E-state index < -0.39 is 12.2 Å². The van der Waals surface area contributed by atoms with E-state index in [1.54, 1.807) is 7.11 Å². The highest BCUT2D eigenvalue weighted by Crippen LogP contribution is 2.35. The number of quaternary nitrogens is 1. The summed E-state index contributed by atoms with van der Waals surface area (Å²) in [6.45, 7) is 7.41. The number of hydrogen-bond donors (Lipinski definition) is 3. The molecular formula is C34H53N3O5+2. The number of nitrogens with zero attached hydrogens (tertiary/aromatic N) is 1. The largest absolute Gasteiger partial charge is 0.462 e. The Balaban J connectivity index is 1.52. The normalized spacial score (nSPS) is 35.4. The molecule has 0 aromatic carbocycles. The number of fused-ring (bicyclic) bond motifs is 2. The van der Waals surface area contributed by atoms with Gasteiger partial charge in [-0.05, 0) is 62.7 Å². The lowest BCUT2D eigenvalue weighted by atomic mass is 9.75. The number of hydrogen-bond acceptors (Lipinski definition) is 7. The number of methoxy groups -OCH3 is 1. The Morgan fingerprint density at radius 1 is 1.17 bits per heavy atom. The molecule has 0 amide bonds. The number of Topliss-reactive ketones (excluding diaryl/α,β-unsaturated/α-hetero) is 1. The first-order valence-electron chi connectivity index (χ1n) is 16.4. The van der Waals surface area contributed by atoms with Crippen molar-refractivity contribution in [3.63, 3.8) is 0 Å². The predicted octanol–water partition coefficient (Wildman–Crippen LogP) is 3.49. The van der Waals surface area contributed by atoms with Crippen LogP contribution in [-0.2, 0) is 19.1 Å². The molecule has 4 aliphatic rings. The fourth-order valence-electron chi connectivity index (χ4n) is 7.35. The molecule has 232 valence electrons. The Labute approximate surface area is 252 Å². The van der Waals surface area contributed by atoms with Crippen molar-refractivity contribution in [2.24, 2.45) is 28.7 Å². The van der Waals surface area contributed by atoms with Crippen LogP contribution in [0, 0.1) is 42.1 Å². The molecular weight excluding hydrogens is 530 g/mol. The number of nitrogens with one attached hydrogen (secondary N) is 1. The summed E-state index contributed by atoms with van der Waals surface area (Å²) in [6, 6.07) is 0. The van der Waals surface area contributed by atoms with Crippen LogP contribution in [0.2, 0.25) is 0 Å². The second-order valence-electron chi connectivity index (χ2n) is 13.0. The molecule has 42 heavy (non-hydrogen) atoms. The third kappa shape index (κ3) is 9.94. The summed E-state index contributed by atoms with van der Waals surface area (Å²) in [4.78, 5) is 30.0. The van der Waals surface area contributed by atoms with E-state index in [1.807, 2.05) is 12.8 Å². The number of carbonyl (C=O) groups excluding carboxylic acids is 2. The highest BCUT2D eigenvalue weighted by atomic mass is 16.5. The predicted molar refractivity (Wildman–Crippen MR) is 163 cm³/mol. The minimum Gasteiger partial charge on any atom is -0.462 e. The van der Waals surface area contributed by atoms with E-state index in [0.29, 0.717) is 50.2 Å². The molecule has 1 saturated heterocycles. The summed E-state index contributed by atoms with van der Waals surface area (Å²) >= 11 is 0. The molecule has 8 heteroatoms. The lowest BCUT2D eigenvalue weighted by Gasteiger charge is -2.35. The summed E-state index contributed by atoms with van der Waals surface area (Å²) in [5, 5.41) is 16.4. The number of aliphatic hydroxyl groups excluding tert-OH is 1. The van der Waals surface area contributed by atoms with Crippen molar-refractivity contribution in [3.05, 3.63) is 17.7 Å². The molecule has 0 spiro atoms. The number of piperidine rings is 1. The minimum atomic E-state index is -0.473. The van der Waals surface area contributed by atoms with Crippen molar-refractivity contribution in [3.8, 4) is 11.8 Å². The summed E-state index contributed by atoms with van der Waals surface area (Å²) in [5.74, 6) is 7.77. The van der Waals surface area contributed by atoms with Crippen molar-refractivity contribution >= 4 is 18.0 Å². The maximum absolute atomic E-state index is 13.5. The summed E-state index contributed by atoms with van der Waals surface area (Å²) in [5.41, 5.74) is 2.72. The SMILES string of the molecule is CC[C@H]1CC[C@@H](OC(C)=O)CC(=O)C[C@H](C2CCC(O)C(OC)C2)C#CCNC2CC(CC[NH2+]2)CCC2=C(C=N[CH+]2)C1. The van der Waals surface area contributed by atoms with Crippen LogP contribution in [0.1, 0.15) is 97.3 Å². The van der Waals surface area contributed by atoms with Gasteiger partial charge in [0.1, 0.15) is 30.2 Å². The zero-order valence-electron chi connectivity index (χ0n) is 26.0. The summed E-state index contributed by atoms with van der Waals surface area (Å²) < 4.78 is 11.2. The standard InChI is InChI=1S/C34H52N3O5/c1-4-24-8-11-31(42-23(2)38)20-30(39)18-26(27-10-12-32(40)33(19-27)41-3)6-5-14-36-34-17-25(13-15-37-34)7-9-28-21-35-22-29(28)16-24/h21-22,24-27,31-34,36-37,40H,4,7-20H2,1-3H3/q+1/p+1/t24-,25?,26+,27?,31+,32?,33?,34?/m0/s1. The quantitative estimate of drug-likeness (QED) is 0.265. The first-order chi connectivity index (χ1) is 20.3. The number of aliphatic imine (C=N–C) groups is 1. The van der Waals surface area contributed by atoms with Gasteiger partial charge in [-0.15, -0.1) is 4.99 Å². The zero-order chi connectivity index (χ0) is 29.9. The van der Waals surface area contributed by atoms with Crippen LogP contribution < -0.4 is 10.6 Å². The van der Waals surface area contributed by atoms with Crippen molar-refractivity contribution in [1.29, 1.82) is 0 Å². The number of carbonyl (C=O) groups is 2. The van der Waals surface area contributed by atoms with Crippen LogP contribution in [-0.4, -0.2) is 67.8 Å². The van der Waals surface area contributed by atoms with Crippen LogP contribution >= 0.6 is 0 Å². The van der Waals surface area contributed by atoms with Gasteiger partial charge in [-0.3, -0.25) is 14.9 Å². The van der Waals surface area contributed by atoms with E-state index in [9.17, 15) is 14.7 Å². The molecule has 5 unspecified atom stereocenters. The van der Waals surface area contributed by atoms with Crippen LogP contribution in [0.15, 0.2) is 16.1 Å². The van der Waals surface area contributed by atoms with Gasteiger partial charge in [0.2, 0.25) is 0 Å². The molecule has 8 nitrogen and oxygen atoms in total. The molecule has 0 aromatic heterocycles. The fraction of sp³-hybridized carbons (Fsp3) is 0.765. The zero-order valence-corrected chi connectivity index (χ0v) is 26.0. The number of ether oxygens (including phenoxy) is 2. The molecule has 8 atom stereocenters. The van der Waals surface area contributed by atoms with Gasteiger partial charge < -0.3 is 19.9 Å². The Morgan fingerprint density at radius 3 is 2.81 bits per heavy atom. The molecule has 1 saturated carbocycles. The lowest BCUT2D eigenvalue weighted by molar-refractivity contribution is -0.704. The first-order valence-corrected chi connectivity index (χ1v) is 16.4. The molecule has 2 fully saturated rings. The summed E-state index contributed by atoms with van der Waals surface area (Å²) in [7, 11) is 1.64. The van der Waals surface area contributed by atoms with Crippen molar-refractivity contribution in [2.45, 2.75) is 122 Å². The Hall–Kier alpha value is -2.18. The average Bonchev–Trinajstić information content (AvgIpc) is 3.42. The molecule has 0 aromatic rings. The van der Waals surface area contributed by atoms with Crippen LogP contribution in [0.25, 0.3) is 0 Å². The van der Waals surface area contributed by atoms with E-state index in [-0.39, 0.29) is 36.1 Å². The van der Waals surface area contributed by atoms with Crippen LogP contribution in [0.4, 0.5) is 0 Å². The molecule has 3 aliphatic heterocycles. The van der Waals surface area contributed by atoms with E-state index >= 15 is 0 Å². The molecule has 2 bridgehead atoms. The second-order valence-corrected chi connectivity index (χ2v) is 13.0. The maximum Gasteiger partial charge on any atom is 0.302 e. The maximum atomic E-state index is 13.5. The smallest absolute Gasteiger partial charge is 0.302 e. The van der Waals surface area contributed by atoms with Gasteiger partial charge in [-0.2, -0.15) is 0 Å². The van der Waals surface area contributed by atoms with Gasteiger partial charge in [-0.25, -0.2) is 0 Å². The topological polar surface area (TPSA) is 114 Å². The Kier molecular flexibility index (Phi) is 12.9. The lowest BCUT2D eigenvalue weighted by Crippen LogP contribution is -2.95. The van der Waals surface area contributed by atoms with Gasteiger partial charge >= 0.3 is 5.97 Å². The molecule has 0 radical (unpaired) electrons. The number of allylic oxidation sites excluding steroid dienone is 1. The third-order valence-electron chi connectivity index (χ3n) is 9.94. The minimum absolute atomic E-state index is 0.0852. The van der Waals surface area contributed by atoms with Crippen LogP contribution in [0.5, 0.6) is 0 Å². The third-order valence-corrected chi connectivity index (χ3v) is 9.94. The number of esters is 1. The van der Waals surface area contributed by atoms with Crippen LogP contribution in [0.3, 0.4) is 0 Å². The highest BCUT2D eigenvalue weighted by Gasteiger charge is 2.35. The first kappa shape index (κ1) is 32.7. The number of nitrogens with two attached hydrogens (primary N) is 1. The van der Waals surface area contributed by atoms with Crippen molar-refractivity contribution in [1.82, 2.24) is 5.32 Å². The van der Waals surface area contributed by atoms with Gasteiger partial charge in [0, 0.05) is 52.1 Å². The Morgan fingerprint density at radius 2 is 2.02 bits per heavy atom. The van der Waals surface area contributed by atoms with E-state index in [0.717, 1.165) is 45.1 Å². The van der Waals surface area contributed by atoms with Gasteiger partial charge in [-0.1, -0.05) is 25.2 Å². The molecule has 4 N–H and O–H groups in total. The van der Waals surface area contributed by atoms with Crippen molar-refractivity contribution in [2.75, 3.05) is 20.2 Å². The molecule has 3 heterocycles. The Bertz CT molecular complexity index is 1030.